The number of rotatable bonds is 12. The SMILES string of the molecule is C=C(C(=O)ON(C)S(=O)O)C(CC)C(F)(F)C(F)(F)C(F)(F)C(F)(F)C(F)(F)C(F)(F)C(F)(F)C(F)(F)F. The van der Waals surface area contributed by atoms with Crippen LogP contribution in [0, 0.1) is 5.92 Å². The molecule has 0 heterocycles. The number of hydrogen-bond acceptors (Lipinski definition) is 3. The Kier molecular flexibility index (Phi) is 9.73. The molecule has 0 amide bonds. The monoisotopic (exact) mass is 625 g/mol. The third-order valence-corrected chi connectivity index (χ3v) is 5.22. The van der Waals surface area contributed by atoms with Gasteiger partial charge < -0.3 is 4.84 Å². The molecular formula is C15H12F17NO4S. The van der Waals surface area contributed by atoms with Crippen molar-refractivity contribution in [3.8, 4) is 0 Å². The van der Waals surface area contributed by atoms with Crippen LogP contribution in [-0.2, 0) is 20.9 Å². The van der Waals surface area contributed by atoms with Crippen LogP contribution in [0.1, 0.15) is 13.3 Å². The van der Waals surface area contributed by atoms with Gasteiger partial charge in [0.25, 0.3) is 11.3 Å². The van der Waals surface area contributed by atoms with E-state index in [4.69, 9.17) is 4.55 Å². The Morgan fingerprint density at radius 1 is 0.763 bits per heavy atom. The average molecular weight is 625 g/mol. The molecule has 2 atom stereocenters. The van der Waals surface area contributed by atoms with Crippen LogP contribution < -0.4 is 0 Å². The van der Waals surface area contributed by atoms with Crippen LogP contribution in [0.25, 0.3) is 0 Å². The maximum Gasteiger partial charge on any atom is 0.460 e. The first-order chi connectivity index (χ1) is 16.4. The van der Waals surface area contributed by atoms with Crippen molar-refractivity contribution in [1.29, 1.82) is 0 Å². The summed E-state index contributed by atoms with van der Waals surface area (Å²) in [4.78, 5) is 15.4. The lowest BCUT2D eigenvalue weighted by Crippen LogP contribution is -2.75. The Balaban J connectivity index is 6.84. The minimum Gasteiger partial charge on any atom is -0.349 e. The van der Waals surface area contributed by atoms with E-state index >= 15 is 0 Å². The first-order valence-electron chi connectivity index (χ1n) is 8.83. The number of carbonyl (C=O) groups excluding carboxylic acids is 1. The van der Waals surface area contributed by atoms with Crippen LogP contribution in [0.3, 0.4) is 0 Å². The van der Waals surface area contributed by atoms with E-state index in [9.17, 15) is 83.6 Å². The average Bonchev–Trinajstić information content (AvgIpc) is 2.71. The molecule has 0 radical (unpaired) electrons. The van der Waals surface area contributed by atoms with Crippen LogP contribution >= 0.6 is 0 Å². The summed E-state index contributed by atoms with van der Waals surface area (Å²) >= 11 is -3.26. The maximum atomic E-state index is 14.4. The smallest absolute Gasteiger partial charge is 0.349 e. The molecule has 226 valence electrons. The molecular weight excluding hydrogens is 613 g/mol. The van der Waals surface area contributed by atoms with Gasteiger partial charge >= 0.3 is 53.6 Å². The van der Waals surface area contributed by atoms with Crippen LogP contribution in [-0.4, -0.2) is 73.9 Å². The van der Waals surface area contributed by atoms with Crippen molar-refractivity contribution < 1.29 is 93.0 Å². The van der Waals surface area contributed by atoms with Crippen molar-refractivity contribution in [2.75, 3.05) is 7.05 Å². The van der Waals surface area contributed by atoms with E-state index in [0.29, 0.717) is 14.0 Å². The molecule has 0 aromatic carbocycles. The summed E-state index contributed by atoms with van der Waals surface area (Å²) < 4.78 is 246. The highest BCUT2D eigenvalue weighted by Crippen LogP contribution is 2.64. The summed E-state index contributed by atoms with van der Waals surface area (Å²) in [5.41, 5.74) is -2.09. The largest absolute Gasteiger partial charge is 0.460 e. The van der Waals surface area contributed by atoms with Gasteiger partial charge in [0, 0.05) is 12.6 Å². The molecule has 38 heavy (non-hydrogen) atoms. The molecule has 0 fully saturated rings. The second-order valence-corrected chi connectivity index (χ2v) is 8.08. The third kappa shape index (κ3) is 5.16. The molecule has 0 aliphatic rings. The minimum atomic E-state index is -8.78. The molecule has 0 aliphatic heterocycles. The first kappa shape index (κ1) is 36.1. The molecule has 5 nitrogen and oxygen atoms in total. The van der Waals surface area contributed by atoms with Crippen LogP contribution in [0.5, 0.6) is 0 Å². The lowest BCUT2D eigenvalue weighted by molar-refractivity contribution is -0.463. The molecule has 0 saturated carbocycles. The Labute approximate surface area is 201 Å². The number of hydroxylamine groups is 1. The molecule has 0 spiro atoms. The van der Waals surface area contributed by atoms with Gasteiger partial charge in [0.1, 0.15) is 0 Å². The topological polar surface area (TPSA) is 66.8 Å². The normalized spacial score (nSPS) is 16.9. The van der Waals surface area contributed by atoms with E-state index < -0.39 is 87.3 Å². The van der Waals surface area contributed by atoms with Gasteiger partial charge in [-0.15, -0.1) is 0 Å². The Hall–Kier alpha value is -1.91. The highest BCUT2D eigenvalue weighted by Gasteiger charge is 2.95. The van der Waals surface area contributed by atoms with Gasteiger partial charge in [0.05, 0.1) is 5.92 Å². The molecule has 0 saturated heterocycles. The number of halogens is 17. The standard InChI is InChI=1S/C15H12F17NO4S/c1-4-6(5(2)7(34)37-33(3)38(35)36)8(16,17)9(18,19)10(20,21)11(22,23)12(24,25)13(26,27)14(28,29)15(30,31)32/h6H,2,4H2,1,3H3,(H,35,36). The van der Waals surface area contributed by atoms with Gasteiger partial charge in [-0.25, -0.2) is 9.00 Å². The van der Waals surface area contributed by atoms with E-state index in [2.05, 4.69) is 11.4 Å². The van der Waals surface area contributed by atoms with Gasteiger partial charge in [-0.3, -0.25) is 4.55 Å². The fourth-order valence-corrected chi connectivity index (χ4v) is 2.60. The van der Waals surface area contributed by atoms with Crippen molar-refractivity contribution in [2.24, 2.45) is 5.92 Å². The first-order valence-corrected chi connectivity index (χ1v) is 9.89. The number of hydrogen-bond donors (Lipinski definition) is 1. The summed E-state index contributed by atoms with van der Waals surface area (Å²) in [5.74, 6) is -64.2. The molecule has 1 N–H and O–H groups in total. The molecule has 0 rings (SSSR count). The Bertz CT molecular complexity index is 933. The van der Waals surface area contributed by atoms with Crippen molar-refractivity contribution in [3.05, 3.63) is 12.2 Å². The molecule has 2 unspecified atom stereocenters. The molecule has 23 heteroatoms. The second kappa shape index (κ2) is 10.2. The molecule has 0 bridgehead atoms. The Morgan fingerprint density at radius 3 is 1.37 bits per heavy atom. The summed E-state index contributed by atoms with van der Waals surface area (Å²) in [6.45, 7) is 2.71. The van der Waals surface area contributed by atoms with Crippen molar-refractivity contribution in [1.82, 2.24) is 4.47 Å². The van der Waals surface area contributed by atoms with Gasteiger partial charge in [-0.05, 0) is 10.9 Å². The fraction of sp³-hybridized carbons (Fsp3) is 0.800. The van der Waals surface area contributed by atoms with Crippen molar-refractivity contribution in [2.45, 2.75) is 61.0 Å². The zero-order valence-electron chi connectivity index (χ0n) is 17.9. The molecule has 0 aliphatic carbocycles. The van der Waals surface area contributed by atoms with Gasteiger partial charge in [-0.1, -0.05) is 13.5 Å². The van der Waals surface area contributed by atoms with Crippen LogP contribution in [0.15, 0.2) is 12.2 Å². The molecule has 0 aromatic heterocycles. The highest BCUT2D eigenvalue weighted by atomic mass is 32.2. The number of carbonyl (C=O) groups is 1. The minimum absolute atomic E-state index is 0.323. The fourth-order valence-electron chi connectivity index (χ4n) is 2.47. The van der Waals surface area contributed by atoms with E-state index in [1.165, 1.54) is 0 Å². The van der Waals surface area contributed by atoms with E-state index in [-0.39, 0.29) is 0 Å². The highest BCUT2D eigenvalue weighted by molar-refractivity contribution is 7.76. The summed E-state index contributed by atoms with van der Waals surface area (Å²) in [6, 6.07) is 0. The van der Waals surface area contributed by atoms with Crippen molar-refractivity contribution >= 4 is 17.2 Å². The molecule has 0 aromatic rings. The summed E-state index contributed by atoms with van der Waals surface area (Å²) in [7, 11) is 0.405. The van der Waals surface area contributed by atoms with Crippen molar-refractivity contribution in [3.63, 3.8) is 0 Å². The van der Waals surface area contributed by atoms with Gasteiger partial charge in [0.15, 0.2) is 0 Å². The zero-order chi connectivity index (χ0) is 31.3. The lowest BCUT2D eigenvalue weighted by atomic mass is 9.81. The quantitative estimate of drug-likeness (QED) is 0.123. The van der Waals surface area contributed by atoms with Crippen LogP contribution in [0.2, 0.25) is 0 Å². The zero-order valence-corrected chi connectivity index (χ0v) is 18.8. The lowest BCUT2D eigenvalue weighted by Gasteiger charge is -2.44. The third-order valence-electron chi connectivity index (χ3n) is 4.71. The number of alkyl halides is 17. The predicted molar refractivity (Wildman–Crippen MR) is 88.2 cm³/mol. The van der Waals surface area contributed by atoms with Gasteiger partial charge in [-0.2, -0.15) is 74.6 Å². The van der Waals surface area contributed by atoms with E-state index in [1.807, 2.05) is 0 Å². The van der Waals surface area contributed by atoms with E-state index in [1.54, 1.807) is 0 Å². The summed E-state index contributed by atoms with van der Waals surface area (Å²) in [5, 5.41) is 0. The van der Waals surface area contributed by atoms with Crippen LogP contribution in [0.4, 0.5) is 74.6 Å². The number of nitrogens with zero attached hydrogens (tertiary/aromatic N) is 1. The summed E-state index contributed by atoms with van der Waals surface area (Å²) in [6.07, 6.45) is -9.59. The Morgan fingerprint density at radius 2 is 1.08 bits per heavy atom. The second-order valence-electron chi connectivity index (χ2n) is 7.10. The maximum absolute atomic E-state index is 14.4. The van der Waals surface area contributed by atoms with E-state index in [0.717, 1.165) is 0 Å². The van der Waals surface area contributed by atoms with Gasteiger partial charge in [0.2, 0.25) is 0 Å². The predicted octanol–water partition coefficient (Wildman–Crippen LogP) is 6.10.